The molecule has 0 aromatic heterocycles. The highest BCUT2D eigenvalue weighted by molar-refractivity contribution is 5.55. The Labute approximate surface area is 126 Å². The van der Waals surface area contributed by atoms with Crippen LogP contribution in [0.3, 0.4) is 0 Å². The molecule has 1 saturated carbocycles. The van der Waals surface area contributed by atoms with Crippen molar-refractivity contribution in [3.05, 3.63) is 29.6 Å². The van der Waals surface area contributed by atoms with Gasteiger partial charge in [0, 0.05) is 25.7 Å². The van der Waals surface area contributed by atoms with Crippen molar-refractivity contribution < 1.29 is 9.13 Å². The van der Waals surface area contributed by atoms with E-state index in [4.69, 9.17) is 4.74 Å². The zero-order valence-electron chi connectivity index (χ0n) is 13.2. The predicted octanol–water partition coefficient (Wildman–Crippen LogP) is 3.08. The summed E-state index contributed by atoms with van der Waals surface area (Å²) in [6.07, 6.45) is 2.59. The molecule has 1 atom stereocenters. The van der Waals surface area contributed by atoms with E-state index in [1.807, 2.05) is 6.07 Å². The third-order valence-electron chi connectivity index (χ3n) is 4.11. The third kappa shape index (κ3) is 3.55. The Morgan fingerprint density at radius 1 is 1.38 bits per heavy atom. The maximum atomic E-state index is 14.4. The normalized spacial score (nSPS) is 25.1. The molecule has 1 aromatic rings. The smallest absolute Gasteiger partial charge is 0.146 e. The van der Waals surface area contributed by atoms with Crippen molar-refractivity contribution in [2.24, 2.45) is 0 Å². The van der Waals surface area contributed by atoms with E-state index in [-0.39, 0.29) is 17.5 Å². The molecule has 1 aliphatic heterocycles. The van der Waals surface area contributed by atoms with Gasteiger partial charge in [0.1, 0.15) is 5.82 Å². The minimum absolute atomic E-state index is 0.109. The van der Waals surface area contributed by atoms with Crippen LogP contribution in [0, 0.1) is 5.82 Å². The van der Waals surface area contributed by atoms with E-state index >= 15 is 0 Å². The molecule has 1 unspecified atom stereocenters. The van der Waals surface area contributed by atoms with Crippen LogP contribution in [-0.4, -0.2) is 30.8 Å². The fraction of sp³-hybridized carbons (Fsp3) is 0.647. The minimum atomic E-state index is -0.249. The van der Waals surface area contributed by atoms with Crippen LogP contribution >= 0.6 is 0 Å². The summed E-state index contributed by atoms with van der Waals surface area (Å²) in [7, 11) is 0. The molecule has 3 rings (SSSR count). The Hall–Kier alpha value is -1.13. The Balaban J connectivity index is 1.84. The number of hydrogen-bond acceptors (Lipinski definition) is 3. The molecule has 1 aliphatic carbocycles. The molecule has 21 heavy (non-hydrogen) atoms. The summed E-state index contributed by atoms with van der Waals surface area (Å²) in [5, 5.41) is 3.49. The molecule has 3 nitrogen and oxygen atoms in total. The number of morpholine rings is 1. The topological polar surface area (TPSA) is 24.5 Å². The summed E-state index contributed by atoms with van der Waals surface area (Å²) in [5.74, 6) is -0.130. The highest BCUT2D eigenvalue weighted by atomic mass is 19.1. The lowest BCUT2D eigenvalue weighted by molar-refractivity contribution is -0.0751. The number of nitrogens with zero attached hydrogens (tertiary/aromatic N) is 1. The number of halogens is 1. The molecule has 116 valence electrons. The van der Waals surface area contributed by atoms with Crippen molar-refractivity contribution in [2.45, 2.75) is 57.9 Å². The second-order valence-corrected chi connectivity index (χ2v) is 6.97. The number of anilines is 1. The Bertz CT molecular complexity index is 514. The fourth-order valence-electron chi connectivity index (χ4n) is 3.22. The largest absolute Gasteiger partial charge is 0.369 e. The fourth-order valence-corrected chi connectivity index (χ4v) is 3.22. The van der Waals surface area contributed by atoms with E-state index in [1.54, 1.807) is 12.1 Å². The summed E-state index contributed by atoms with van der Waals surface area (Å²) in [4.78, 5) is 2.15. The maximum Gasteiger partial charge on any atom is 0.146 e. The highest BCUT2D eigenvalue weighted by Gasteiger charge is 2.33. The van der Waals surface area contributed by atoms with Gasteiger partial charge in [-0.05, 0) is 45.2 Å². The van der Waals surface area contributed by atoms with E-state index in [2.05, 4.69) is 31.0 Å². The molecule has 1 saturated heterocycles. The van der Waals surface area contributed by atoms with Crippen molar-refractivity contribution in [3.8, 4) is 0 Å². The van der Waals surface area contributed by atoms with Gasteiger partial charge in [0.2, 0.25) is 0 Å². The monoisotopic (exact) mass is 292 g/mol. The first kappa shape index (κ1) is 14.8. The van der Waals surface area contributed by atoms with E-state index in [1.165, 1.54) is 12.8 Å². The summed E-state index contributed by atoms with van der Waals surface area (Å²) < 4.78 is 20.4. The van der Waals surface area contributed by atoms with Gasteiger partial charge in [0.05, 0.1) is 17.4 Å². The molecule has 0 spiro atoms. The summed E-state index contributed by atoms with van der Waals surface area (Å²) in [6.45, 7) is 8.38. The molecule has 0 radical (unpaired) electrons. The highest BCUT2D eigenvalue weighted by Crippen LogP contribution is 2.31. The number of hydrogen-bond donors (Lipinski definition) is 1. The lowest BCUT2D eigenvalue weighted by atomic mass is 10.0. The van der Waals surface area contributed by atoms with Gasteiger partial charge in [-0.15, -0.1) is 0 Å². The van der Waals surface area contributed by atoms with Gasteiger partial charge < -0.3 is 15.0 Å². The average molecular weight is 292 g/mol. The quantitative estimate of drug-likeness (QED) is 0.923. The lowest BCUT2D eigenvalue weighted by Crippen LogP contribution is -2.52. The van der Waals surface area contributed by atoms with Gasteiger partial charge in [0.25, 0.3) is 0 Å². The zero-order valence-corrected chi connectivity index (χ0v) is 13.2. The number of para-hydroxylation sites is 1. The molecule has 1 aromatic carbocycles. The molecule has 1 N–H and O–H groups in total. The molecule has 1 heterocycles. The Kier molecular flexibility index (Phi) is 3.93. The van der Waals surface area contributed by atoms with Gasteiger partial charge >= 0.3 is 0 Å². The predicted molar refractivity (Wildman–Crippen MR) is 83.1 cm³/mol. The number of rotatable bonds is 4. The van der Waals surface area contributed by atoms with Crippen molar-refractivity contribution in [3.63, 3.8) is 0 Å². The zero-order chi connectivity index (χ0) is 15.0. The van der Waals surface area contributed by atoms with E-state index in [9.17, 15) is 4.39 Å². The standard InChI is InChI=1S/C17H25FN2O/c1-12-10-20(11-17(2,3)21-12)16-13(5-4-6-15(16)18)9-19-14-7-8-14/h4-6,12,14,19H,7-11H2,1-3H3. The molecule has 2 aliphatic rings. The minimum Gasteiger partial charge on any atom is -0.369 e. The Morgan fingerprint density at radius 2 is 2.14 bits per heavy atom. The van der Waals surface area contributed by atoms with Crippen LogP contribution in [-0.2, 0) is 11.3 Å². The second-order valence-electron chi connectivity index (χ2n) is 6.97. The first-order valence-corrected chi connectivity index (χ1v) is 7.88. The van der Waals surface area contributed by atoms with Crippen LogP contribution in [0.2, 0.25) is 0 Å². The molecule has 4 heteroatoms. The molecule has 0 bridgehead atoms. The molecule has 0 amide bonds. The number of benzene rings is 1. The van der Waals surface area contributed by atoms with Crippen LogP contribution in [0.5, 0.6) is 0 Å². The van der Waals surface area contributed by atoms with Crippen molar-refractivity contribution >= 4 is 5.69 Å². The summed E-state index contributed by atoms with van der Waals surface area (Å²) in [6, 6.07) is 6.02. The summed E-state index contributed by atoms with van der Waals surface area (Å²) >= 11 is 0. The molecular weight excluding hydrogens is 267 g/mol. The van der Waals surface area contributed by atoms with Crippen molar-refractivity contribution in [1.29, 1.82) is 0 Å². The van der Waals surface area contributed by atoms with E-state index in [0.717, 1.165) is 24.3 Å². The first-order valence-electron chi connectivity index (χ1n) is 7.88. The Morgan fingerprint density at radius 3 is 2.81 bits per heavy atom. The van der Waals surface area contributed by atoms with Gasteiger partial charge in [0.15, 0.2) is 0 Å². The van der Waals surface area contributed by atoms with Gasteiger partial charge in [-0.1, -0.05) is 12.1 Å². The SMILES string of the molecule is CC1CN(c2c(F)cccc2CNC2CC2)CC(C)(C)O1. The molecular formula is C17H25FN2O. The van der Waals surface area contributed by atoms with Crippen LogP contribution in [0.1, 0.15) is 39.2 Å². The van der Waals surface area contributed by atoms with Crippen LogP contribution in [0.4, 0.5) is 10.1 Å². The maximum absolute atomic E-state index is 14.4. The third-order valence-corrected chi connectivity index (χ3v) is 4.11. The summed E-state index contributed by atoms with van der Waals surface area (Å²) in [5.41, 5.74) is 1.54. The lowest BCUT2D eigenvalue weighted by Gasteiger charge is -2.43. The van der Waals surface area contributed by atoms with E-state index < -0.39 is 0 Å². The second kappa shape index (κ2) is 5.58. The van der Waals surface area contributed by atoms with Crippen LogP contribution < -0.4 is 10.2 Å². The molecule has 2 fully saturated rings. The average Bonchev–Trinajstić information content (AvgIpc) is 3.17. The van der Waals surface area contributed by atoms with Gasteiger partial charge in [-0.2, -0.15) is 0 Å². The van der Waals surface area contributed by atoms with E-state index in [0.29, 0.717) is 12.6 Å². The number of nitrogens with one attached hydrogen (secondary N) is 1. The van der Waals surface area contributed by atoms with Gasteiger partial charge in [-0.25, -0.2) is 4.39 Å². The van der Waals surface area contributed by atoms with Gasteiger partial charge in [-0.3, -0.25) is 0 Å². The number of ether oxygens (including phenoxy) is 1. The van der Waals surface area contributed by atoms with Crippen molar-refractivity contribution in [2.75, 3.05) is 18.0 Å². The first-order chi connectivity index (χ1) is 9.94. The van der Waals surface area contributed by atoms with Crippen LogP contribution in [0.15, 0.2) is 18.2 Å². The van der Waals surface area contributed by atoms with Crippen LogP contribution in [0.25, 0.3) is 0 Å². The van der Waals surface area contributed by atoms with Crippen molar-refractivity contribution in [1.82, 2.24) is 5.32 Å².